The summed E-state index contributed by atoms with van der Waals surface area (Å²) in [6.07, 6.45) is 1.68. The van der Waals surface area contributed by atoms with Crippen LogP contribution in [-0.4, -0.2) is 4.98 Å². The van der Waals surface area contributed by atoms with E-state index in [1.807, 2.05) is 36.4 Å². The van der Waals surface area contributed by atoms with E-state index in [1.54, 1.807) is 6.20 Å². The molecule has 4 rings (SSSR count). The second-order valence-electron chi connectivity index (χ2n) is 5.36. The SMILES string of the molecule is FCc1cc(-c2c3ccccc3cc3ccccc23)ccn1. The van der Waals surface area contributed by atoms with Gasteiger partial charge in [-0.25, -0.2) is 4.39 Å². The average Bonchev–Trinajstić information content (AvgIpc) is 2.59. The Morgan fingerprint density at radius 2 is 1.41 bits per heavy atom. The molecule has 3 aromatic carbocycles. The topological polar surface area (TPSA) is 12.9 Å². The Labute approximate surface area is 128 Å². The van der Waals surface area contributed by atoms with Crippen LogP contribution < -0.4 is 0 Å². The number of hydrogen-bond donors (Lipinski definition) is 0. The highest BCUT2D eigenvalue weighted by Gasteiger charge is 2.10. The van der Waals surface area contributed by atoms with Gasteiger partial charge in [-0.3, -0.25) is 4.98 Å². The highest BCUT2D eigenvalue weighted by molar-refractivity contribution is 6.12. The van der Waals surface area contributed by atoms with Gasteiger partial charge < -0.3 is 0 Å². The summed E-state index contributed by atoms with van der Waals surface area (Å²) >= 11 is 0. The maximum absolute atomic E-state index is 13.0. The summed E-state index contributed by atoms with van der Waals surface area (Å²) in [5.41, 5.74) is 2.62. The highest BCUT2D eigenvalue weighted by atomic mass is 19.1. The fraction of sp³-hybridized carbons (Fsp3) is 0.0500. The number of alkyl halides is 1. The number of aromatic nitrogens is 1. The molecule has 0 atom stereocenters. The van der Waals surface area contributed by atoms with Crippen LogP contribution in [0.25, 0.3) is 32.7 Å². The molecule has 4 aromatic rings. The van der Waals surface area contributed by atoms with Gasteiger partial charge in [0.15, 0.2) is 0 Å². The molecule has 0 aliphatic carbocycles. The molecule has 1 aromatic heterocycles. The van der Waals surface area contributed by atoms with Gasteiger partial charge in [-0.1, -0.05) is 48.5 Å². The Bertz CT molecular complexity index is 921. The highest BCUT2D eigenvalue weighted by Crippen LogP contribution is 2.36. The van der Waals surface area contributed by atoms with Crippen LogP contribution in [0.15, 0.2) is 72.9 Å². The molecule has 0 unspecified atom stereocenters. The predicted molar refractivity (Wildman–Crippen MR) is 89.5 cm³/mol. The smallest absolute Gasteiger partial charge is 0.131 e. The van der Waals surface area contributed by atoms with E-state index in [9.17, 15) is 4.39 Å². The van der Waals surface area contributed by atoms with Gasteiger partial charge in [0.1, 0.15) is 6.67 Å². The molecule has 2 heteroatoms. The zero-order chi connectivity index (χ0) is 14.9. The summed E-state index contributed by atoms with van der Waals surface area (Å²) in [7, 11) is 0. The zero-order valence-electron chi connectivity index (χ0n) is 12.0. The molecule has 1 heterocycles. The first-order valence-corrected chi connectivity index (χ1v) is 7.28. The summed E-state index contributed by atoms with van der Waals surface area (Å²) < 4.78 is 13.0. The average molecular weight is 287 g/mol. The van der Waals surface area contributed by atoms with Crippen LogP contribution in [-0.2, 0) is 6.67 Å². The Kier molecular flexibility index (Phi) is 3.08. The molecule has 22 heavy (non-hydrogen) atoms. The monoisotopic (exact) mass is 287 g/mol. The van der Waals surface area contributed by atoms with Crippen LogP contribution in [0.5, 0.6) is 0 Å². The van der Waals surface area contributed by atoms with Crippen LogP contribution >= 0.6 is 0 Å². The molecule has 0 aliphatic heterocycles. The van der Waals surface area contributed by atoms with Gasteiger partial charge in [-0.05, 0) is 50.9 Å². The molecule has 0 amide bonds. The largest absolute Gasteiger partial charge is 0.258 e. The van der Waals surface area contributed by atoms with Crippen molar-refractivity contribution in [2.45, 2.75) is 6.67 Å². The normalized spacial score (nSPS) is 11.1. The maximum Gasteiger partial charge on any atom is 0.131 e. The lowest BCUT2D eigenvalue weighted by molar-refractivity contribution is 0.476. The van der Waals surface area contributed by atoms with E-state index < -0.39 is 6.67 Å². The minimum Gasteiger partial charge on any atom is -0.258 e. The van der Waals surface area contributed by atoms with Gasteiger partial charge in [0.25, 0.3) is 0 Å². The minimum atomic E-state index is -0.545. The summed E-state index contributed by atoms with van der Waals surface area (Å²) in [5.74, 6) is 0. The lowest BCUT2D eigenvalue weighted by Gasteiger charge is -2.12. The third-order valence-corrected chi connectivity index (χ3v) is 4.01. The quantitative estimate of drug-likeness (QED) is 0.442. The van der Waals surface area contributed by atoms with E-state index in [0.29, 0.717) is 5.69 Å². The molecule has 0 saturated carbocycles. The summed E-state index contributed by atoms with van der Waals surface area (Å²) in [6, 6.07) is 22.6. The van der Waals surface area contributed by atoms with Gasteiger partial charge in [0.05, 0.1) is 5.69 Å². The van der Waals surface area contributed by atoms with Gasteiger partial charge in [-0.2, -0.15) is 0 Å². The lowest BCUT2D eigenvalue weighted by Crippen LogP contribution is -1.89. The van der Waals surface area contributed by atoms with Crippen molar-refractivity contribution in [1.29, 1.82) is 0 Å². The molecule has 0 spiro atoms. The lowest BCUT2D eigenvalue weighted by atomic mass is 9.92. The fourth-order valence-corrected chi connectivity index (χ4v) is 3.03. The first-order valence-electron chi connectivity index (χ1n) is 7.28. The van der Waals surface area contributed by atoms with E-state index in [-0.39, 0.29) is 0 Å². The van der Waals surface area contributed by atoms with Gasteiger partial charge >= 0.3 is 0 Å². The second-order valence-corrected chi connectivity index (χ2v) is 5.36. The number of rotatable bonds is 2. The van der Waals surface area contributed by atoms with E-state index in [2.05, 4.69) is 35.3 Å². The molecule has 0 radical (unpaired) electrons. The molecule has 1 nitrogen and oxygen atoms in total. The van der Waals surface area contributed by atoms with E-state index in [1.165, 1.54) is 21.5 Å². The van der Waals surface area contributed by atoms with Gasteiger partial charge in [-0.15, -0.1) is 0 Å². The van der Waals surface area contributed by atoms with Crippen molar-refractivity contribution < 1.29 is 4.39 Å². The number of benzene rings is 3. The third kappa shape index (κ3) is 2.04. The van der Waals surface area contributed by atoms with E-state index >= 15 is 0 Å². The summed E-state index contributed by atoms with van der Waals surface area (Å²) in [4.78, 5) is 4.07. The van der Waals surface area contributed by atoms with Crippen molar-refractivity contribution in [2.75, 3.05) is 0 Å². The number of nitrogens with zero attached hydrogens (tertiary/aromatic N) is 1. The van der Waals surface area contributed by atoms with Crippen molar-refractivity contribution >= 4 is 21.5 Å². The molecular formula is C20H14FN. The van der Waals surface area contributed by atoms with Crippen LogP contribution in [0, 0.1) is 0 Å². The molecule has 0 bridgehead atoms. The van der Waals surface area contributed by atoms with Crippen LogP contribution in [0.1, 0.15) is 5.69 Å². The van der Waals surface area contributed by atoms with Gasteiger partial charge in [0, 0.05) is 6.20 Å². The Morgan fingerprint density at radius 3 is 2.05 bits per heavy atom. The standard InChI is InChI=1S/C20H14FN/c21-13-17-12-16(9-10-22-17)20-18-7-3-1-5-14(18)11-15-6-2-4-8-19(15)20/h1-12H,13H2. The zero-order valence-corrected chi connectivity index (χ0v) is 12.0. The number of halogens is 1. The first kappa shape index (κ1) is 13.0. The van der Waals surface area contributed by atoms with Gasteiger partial charge in [0.2, 0.25) is 0 Å². The number of pyridine rings is 1. The first-order chi connectivity index (χ1) is 10.9. The van der Waals surface area contributed by atoms with Crippen LogP contribution in [0.4, 0.5) is 4.39 Å². The molecule has 0 fully saturated rings. The molecule has 106 valence electrons. The van der Waals surface area contributed by atoms with Crippen molar-refractivity contribution in [3.8, 4) is 11.1 Å². The minimum absolute atomic E-state index is 0.467. The van der Waals surface area contributed by atoms with Crippen molar-refractivity contribution in [2.24, 2.45) is 0 Å². The molecule has 0 N–H and O–H groups in total. The van der Waals surface area contributed by atoms with Crippen LogP contribution in [0.3, 0.4) is 0 Å². The third-order valence-electron chi connectivity index (χ3n) is 4.01. The van der Waals surface area contributed by atoms with Crippen molar-refractivity contribution in [3.63, 3.8) is 0 Å². The summed E-state index contributed by atoms with van der Waals surface area (Å²) in [6.45, 7) is -0.545. The molecular weight excluding hydrogens is 273 g/mol. The Morgan fingerprint density at radius 1 is 0.773 bits per heavy atom. The maximum atomic E-state index is 13.0. The summed E-state index contributed by atoms with van der Waals surface area (Å²) in [5, 5.41) is 4.74. The predicted octanol–water partition coefficient (Wildman–Crippen LogP) is 5.52. The number of hydrogen-bond acceptors (Lipinski definition) is 1. The number of fused-ring (bicyclic) bond motifs is 2. The Hall–Kier alpha value is -2.74. The molecule has 0 saturated heterocycles. The van der Waals surface area contributed by atoms with Crippen molar-refractivity contribution in [3.05, 3.63) is 78.6 Å². The fourth-order valence-electron chi connectivity index (χ4n) is 3.03. The van der Waals surface area contributed by atoms with Crippen LogP contribution in [0.2, 0.25) is 0 Å². The van der Waals surface area contributed by atoms with Crippen molar-refractivity contribution in [1.82, 2.24) is 4.98 Å². The molecule has 0 aliphatic rings. The second kappa shape index (κ2) is 5.23. The van der Waals surface area contributed by atoms with E-state index in [4.69, 9.17) is 0 Å². The van der Waals surface area contributed by atoms with E-state index in [0.717, 1.165) is 11.1 Å². The Balaban J connectivity index is 2.16.